The smallest absolute Gasteiger partial charge is 0.0594 e. The molecule has 1 N–H and O–H groups in total. The van der Waals surface area contributed by atoms with Gasteiger partial charge in [0.2, 0.25) is 0 Å². The SMILES string of the molecule is CC(C)=CCC[C@@H](C)[C@H]1CC[C@H]2C3=C(CC[C@]12C)[C@@]1(C)CC[C@H](O)C(C)(C)C1CC3. The molecule has 0 amide bonds. The summed E-state index contributed by atoms with van der Waals surface area (Å²) in [6.45, 7) is 16.9. The van der Waals surface area contributed by atoms with Gasteiger partial charge in [-0.2, -0.15) is 0 Å². The topological polar surface area (TPSA) is 20.2 Å². The van der Waals surface area contributed by atoms with Crippen molar-refractivity contribution in [2.45, 2.75) is 119 Å². The predicted molar refractivity (Wildman–Crippen MR) is 128 cm³/mol. The lowest BCUT2D eigenvalue weighted by atomic mass is 9.46. The summed E-state index contributed by atoms with van der Waals surface area (Å²) in [4.78, 5) is 0. The van der Waals surface area contributed by atoms with E-state index in [1.165, 1.54) is 63.4 Å². The van der Waals surface area contributed by atoms with Crippen molar-refractivity contribution < 1.29 is 5.11 Å². The summed E-state index contributed by atoms with van der Waals surface area (Å²) in [5.74, 6) is 3.23. The maximum Gasteiger partial charge on any atom is 0.0594 e. The first-order valence-corrected chi connectivity index (χ1v) is 13.1. The normalized spacial score (nSPS) is 43.5. The van der Waals surface area contributed by atoms with E-state index in [1.54, 1.807) is 0 Å². The van der Waals surface area contributed by atoms with Crippen LogP contribution in [0.4, 0.5) is 0 Å². The molecule has 1 unspecified atom stereocenters. The molecule has 4 aliphatic carbocycles. The summed E-state index contributed by atoms with van der Waals surface area (Å²) < 4.78 is 0. The average molecular weight is 413 g/mol. The molecule has 2 fully saturated rings. The van der Waals surface area contributed by atoms with Crippen LogP contribution in [-0.2, 0) is 0 Å². The Kier molecular flexibility index (Phi) is 5.87. The molecule has 0 saturated heterocycles. The van der Waals surface area contributed by atoms with Crippen LogP contribution >= 0.6 is 0 Å². The first kappa shape index (κ1) is 22.6. The van der Waals surface area contributed by atoms with Crippen LogP contribution in [0.1, 0.15) is 113 Å². The van der Waals surface area contributed by atoms with E-state index in [9.17, 15) is 5.11 Å². The van der Waals surface area contributed by atoms with Gasteiger partial charge in [0.1, 0.15) is 0 Å². The Bertz CT molecular complexity index is 723. The Hall–Kier alpha value is -0.560. The van der Waals surface area contributed by atoms with E-state index in [0.717, 1.165) is 24.2 Å². The van der Waals surface area contributed by atoms with Crippen molar-refractivity contribution in [3.05, 3.63) is 22.8 Å². The van der Waals surface area contributed by atoms with E-state index in [4.69, 9.17) is 0 Å². The quantitative estimate of drug-likeness (QED) is 0.462. The predicted octanol–water partition coefficient (Wildman–Crippen LogP) is 8.09. The molecule has 0 aromatic rings. The molecule has 1 nitrogen and oxygen atoms in total. The zero-order valence-electron chi connectivity index (χ0n) is 21.0. The van der Waals surface area contributed by atoms with E-state index >= 15 is 0 Å². The minimum Gasteiger partial charge on any atom is -0.393 e. The van der Waals surface area contributed by atoms with Gasteiger partial charge in [0.25, 0.3) is 0 Å². The molecule has 30 heavy (non-hydrogen) atoms. The Morgan fingerprint density at radius 3 is 2.47 bits per heavy atom. The van der Waals surface area contributed by atoms with Crippen LogP contribution in [0.2, 0.25) is 0 Å². The monoisotopic (exact) mass is 412 g/mol. The Labute approximate surface area is 186 Å². The molecular formula is C29H48O. The molecule has 2 saturated carbocycles. The van der Waals surface area contributed by atoms with Gasteiger partial charge < -0.3 is 5.11 Å². The van der Waals surface area contributed by atoms with Gasteiger partial charge in [-0.1, -0.05) is 57.4 Å². The summed E-state index contributed by atoms with van der Waals surface area (Å²) >= 11 is 0. The lowest BCUT2D eigenvalue weighted by molar-refractivity contribution is -0.0931. The average Bonchev–Trinajstić information content (AvgIpc) is 3.02. The zero-order chi connectivity index (χ0) is 21.9. The van der Waals surface area contributed by atoms with Gasteiger partial charge in [-0.05, 0) is 118 Å². The van der Waals surface area contributed by atoms with Gasteiger partial charge >= 0.3 is 0 Å². The van der Waals surface area contributed by atoms with Crippen molar-refractivity contribution in [1.29, 1.82) is 0 Å². The number of fused-ring (bicyclic) bond motifs is 4. The third-order valence-corrected chi connectivity index (χ3v) is 10.8. The number of allylic oxidation sites excluding steroid dienone is 4. The van der Waals surface area contributed by atoms with Crippen molar-refractivity contribution in [2.75, 3.05) is 0 Å². The third kappa shape index (κ3) is 3.37. The third-order valence-electron chi connectivity index (χ3n) is 10.8. The zero-order valence-corrected chi connectivity index (χ0v) is 21.0. The second kappa shape index (κ2) is 7.79. The highest BCUT2D eigenvalue weighted by atomic mass is 16.3. The van der Waals surface area contributed by atoms with Crippen LogP contribution in [0.25, 0.3) is 0 Å². The summed E-state index contributed by atoms with van der Waals surface area (Å²) in [6, 6.07) is 0. The standard InChI is InChI=1S/C29H48O/c1-19(2)9-8-10-20(3)22-12-13-23-21-11-14-25-27(4,5)26(30)16-18-29(25,7)24(21)15-17-28(22,23)6/h9,20,22-23,25-26,30H,8,10-18H2,1-7H3/t20-,22-,23+,25?,26+,28-,29-/m1/s1. The Morgan fingerprint density at radius 1 is 1.03 bits per heavy atom. The lowest BCUT2D eigenvalue weighted by Gasteiger charge is -2.60. The second-order valence-corrected chi connectivity index (χ2v) is 13.0. The lowest BCUT2D eigenvalue weighted by Crippen LogP contribution is -2.53. The molecule has 7 atom stereocenters. The van der Waals surface area contributed by atoms with E-state index in [0.29, 0.717) is 16.7 Å². The molecule has 170 valence electrons. The number of rotatable bonds is 4. The van der Waals surface area contributed by atoms with Gasteiger partial charge in [0, 0.05) is 0 Å². The summed E-state index contributed by atoms with van der Waals surface area (Å²) in [5, 5.41) is 10.8. The summed E-state index contributed by atoms with van der Waals surface area (Å²) in [6.07, 6.45) is 15.3. The Morgan fingerprint density at radius 2 is 1.77 bits per heavy atom. The second-order valence-electron chi connectivity index (χ2n) is 13.0. The van der Waals surface area contributed by atoms with Gasteiger partial charge in [-0.25, -0.2) is 0 Å². The van der Waals surface area contributed by atoms with Crippen molar-refractivity contribution in [2.24, 2.45) is 39.9 Å². The molecule has 0 spiro atoms. The molecule has 0 heterocycles. The molecular weight excluding hydrogens is 364 g/mol. The van der Waals surface area contributed by atoms with Gasteiger partial charge in [0.05, 0.1) is 6.10 Å². The first-order valence-electron chi connectivity index (χ1n) is 13.1. The fourth-order valence-electron chi connectivity index (χ4n) is 9.10. The fraction of sp³-hybridized carbons (Fsp3) is 0.862. The molecule has 4 aliphatic rings. The van der Waals surface area contributed by atoms with Crippen LogP contribution in [0.15, 0.2) is 22.8 Å². The number of hydrogen-bond donors (Lipinski definition) is 1. The molecule has 0 aromatic carbocycles. The summed E-state index contributed by atoms with van der Waals surface area (Å²) in [5.41, 5.74) is 6.15. The molecule has 0 radical (unpaired) electrons. The number of aliphatic hydroxyl groups excluding tert-OH is 1. The van der Waals surface area contributed by atoms with Crippen LogP contribution in [-0.4, -0.2) is 11.2 Å². The Balaban J connectivity index is 1.59. The largest absolute Gasteiger partial charge is 0.393 e. The minimum absolute atomic E-state index is 0.0595. The van der Waals surface area contributed by atoms with E-state index in [2.05, 4.69) is 54.5 Å². The van der Waals surface area contributed by atoms with E-state index in [1.807, 2.05) is 11.1 Å². The maximum atomic E-state index is 10.8. The number of hydrogen-bond acceptors (Lipinski definition) is 1. The van der Waals surface area contributed by atoms with Crippen molar-refractivity contribution in [3.63, 3.8) is 0 Å². The molecule has 0 aliphatic heterocycles. The van der Waals surface area contributed by atoms with Crippen LogP contribution in [0.3, 0.4) is 0 Å². The highest BCUT2D eigenvalue weighted by molar-refractivity contribution is 5.35. The molecule has 0 aromatic heterocycles. The molecule has 0 bridgehead atoms. The van der Waals surface area contributed by atoms with Crippen LogP contribution in [0, 0.1) is 39.9 Å². The fourth-order valence-corrected chi connectivity index (χ4v) is 9.10. The molecule has 4 rings (SSSR count). The van der Waals surface area contributed by atoms with Crippen molar-refractivity contribution in [1.82, 2.24) is 0 Å². The van der Waals surface area contributed by atoms with Crippen molar-refractivity contribution >= 4 is 0 Å². The maximum absolute atomic E-state index is 10.8. The highest BCUT2D eigenvalue weighted by Gasteiger charge is 2.59. The first-order chi connectivity index (χ1) is 14.0. The van der Waals surface area contributed by atoms with Crippen LogP contribution < -0.4 is 0 Å². The van der Waals surface area contributed by atoms with Crippen molar-refractivity contribution in [3.8, 4) is 0 Å². The minimum atomic E-state index is -0.121. The van der Waals surface area contributed by atoms with Gasteiger partial charge in [-0.3, -0.25) is 0 Å². The van der Waals surface area contributed by atoms with E-state index in [-0.39, 0.29) is 11.5 Å². The highest BCUT2D eigenvalue weighted by Crippen LogP contribution is 2.68. The van der Waals surface area contributed by atoms with Gasteiger partial charge in [-0.15, -0.1) is 0 Å². The van der Waals surface area contributed by atoms with Crippen LogP contribution in [0.5, 0.6) is 0 Å². The van der Waals surface area contributed by atoms with Gasteiger partial charge in [0.15, 0.2) is 0 Å². The summed E-state index contributed by atoms with van der Waals surface area (Å²) in [7, 11) is 0. The number of aliphatic hydroxyl groups is 1. The molecule has 1 heteroatoms. The van der Waals surface area contributed by atoms with E-state index < -0.39 is 0 Å².